The number of guanidine groups is 1. The Kier molecular flexibility index (Phi) is 9.33. The van der Waals surface area contributed by atoms with Crippen molar-refractivity contribution in [2.24, 2.45) is 16.5 Å². The molecule has 0 aliphatic carbocycles. The molecule has 8 heteroatoms. The average molecular weight is 412 g/mol. The minimum atomic E-state index is -1.08. The number of nitrogens with zero attached hydrogens (tertiary/aromatic N) is 1. The summed E-state index contributed by atoms with van der Waals surface area (Å²) in [4.78, 5) is 27.5. The highest BCUT2D eigenvalue weighted by Gasteiger charge is 2.20. The second-order valence-corrected chi connectivity index (χ2v) is 6.91. The van der Waals surface area contributed by atoms with Crippen LogP contribution in [-0.4, -0.2) is 48.6 Å². The smallest absolute Gasteiger partial charge is 0.326 e. The summed E-state index contributed by atoms with van der Waals surface area (Å²) in [6, 6.07) is 19.1. The monoisotopic (exact) mass is 411 g/mol. The molecule has 30 heavy (non-hydrogen) atoms. The molecule has 1 atom stereocenters. The number of aliphatic carboxylic acids is 1. The van der Waals surface area contributed by atoms with E-state index in [1.807, 2.05) is 36.4 Å². The van der Waals surface area contributed by atoms with Crippen LogP contribution in [0.3, 0.4) is 0 Å². The van der Waals surface area contributed by atoms with Crippen molar-refractivity contribution in [2.45, 2.75) is 24.8 Å². The molecule has 7 N–H and O–H groups in total. The highest BCUT2D eigenvalue weighted by atomic mass is 16.4. The van der Waals surface area contributed by atoms with Crippen LogP contribution >= 0.6 is 0 Å². The molecule has 0 aliphatic rings. The third-order valence-corrected chi connectivity index (χ3v) is 4.62. The van der Waals surface area contributed by atoms with Gasteiger partial charge in [-0.3, -0.25) is 9.79 Å². The van der Waals surface area contributed by atoms with Crippen molar-refractivity contribution < 1.29 is 14.7 Å². The molecule has 0 heterocycles. The second-order valence-electron chi connectivity index (χ2n) is 6.91. The van der Waals surface area contributed by atoms with Crippen molar-refractivity contribution >= 4 is 17.8 Å². The average Bonchev–Trinajstić information content (AvgIpc) is 2.74. The van der Waals surface area contributed by atoms with Gasteiger partial charge in [0.2, 0.25) is 5.91 Å². The van der Waals surface area contributed by atoms with Gasteiger partial charge in [-0.1, -0.05) is 60.7 Å². The molecule has 0 aliphatic heterocycles. The summed E-state index contributed by atoms with van der Waals surface area (Å²) in [6.45, 7) is 0.883. The summed E-state index contributed by atoms with van der Waals surface area (Å²) in [5.74, 6) is -1.42. The summed E-state index contributed by atoms with van der Waals surface area (Å²) in [5, 5.41) is 15.0. The Morgan fingerprint density at radius 3 is 2.03 bits per heavy atom. The maximum Gasteiger partial charge on any atom is 0.326 e. The second kappa shape index (κ2) is 12.2. The van der Waals surface area contributed by atoms with E-state index in [1.54, 1.807) is 0 Å². The van der Waals surface area contributed by atoms with E-state index < -0.39 is 12.0 Å². The van der Waals surface area contributed by atoms with Crippen molar-refractivity contribution in [3.05, 3.63) is 71.8 Å². The molecule has 0 fully saturated rings. The van der Waals surface area contributed by atoms with Gasteiger partial charge in [-0.2, -0.15) is 0 Å². The van der Waals surface area contributed by atoms with Crippen LogP contribution in [0.2, 0.25) is 0 Å². The molecule has 0 aromatic heterocycles. The highest BCUT2D eigenvalue weighted by Crippen LogP contribution is 2.23. The SMILES string of the molecule is NC(N)=NCCC[C@H](NC(=O)CNCC(c1ccccc1)c1ccccc1)C(=O)O. The number of carbonyl (C=O) groups excluding carboxylic acids is 1. The number of nitrogens with two attached hydrogens (primary N) is 2. The van der Waals surface area contributed by atoms with Crippen molar-refractivity contribution in [1.29, 1.82) is 0 Å². The number of carboxylic acid groups (broad SMARTS) is 1. The lowest BCUT2D eigenvalue weighted by atomic mass is 9.91. The van der Waals surface area contributed by atoms with Crippen LogP contribution in [0, 0.1) is 0 Å². The quantitative estimate of drug-likeness (QED) is 0.201. The molecule has 2 aromatic carbocycles. The number of nitrogens with one attached hydrogen (secondary N) is 2. The molecule has 2 aromatic rings. The van der Waals surface area contributed by atoms with Gasteiger partial charge in [0, 0.05) is 19.0 Å². The summed E-state index contributed by atoms with van der Waals surface area (Å²) in [7, 11) is 0. The fraction of sp³-hybridized carbons (Fsp3) is 0.318. The lowest BCUT2D eigenvalue weighted by Crippen LogP contribution is -2.45. The Bertz CT molecular complexity index is 784. The predicted molar refractivity (Wildman–Crippen MR) is 117 cm³/mol. The number of hydrogen-bond acceptors (Lipinski definition) is 4. The Morgan fingerprint density at radius 1 is 0.967 bits per heavy atom. The van der Waals surface area contributed by atoms with Crippen molar-refractivity contribution in [3.63, 3.8) is 0 Å². The number of amides is 1. The zero-order chi connectivity index (χ0) is 21.8. The topological polar surface area (TPSA) is 143 Å². The Labute approximate surface area is 176 Å². The lowest BCUT2D eigenvalue weighted by Gasteiger charge is -2.19. The molecule has 0 spiro atoms. The standard InChI is InChI=1S/C22H29N5O3/c23-22(24)26-13-7-12-19(21(29)30)27-20(28)15-25-14-18(16-8-3-1-4-9-16)17-10-5-2-6-11-17/h1-6,8-11,18-19,25H,7,12-15H2,(H,27,28)(H,29,30)(H4,23,24,26)/t19-/m0/s1. The molecule has 2 rings (SSSR count). The maximum absolute atomic E-state index is 12.2. The summed E-state index contributed by atoms with van der Waals surface area (Å²) in [6.07, 6.45) is 0.696. The molecule has 0 radical (unpaired) electrons. The van der Waals surface area contributed by atoms with Gasteiger partial charge in [-0.25, -0.2) is 4.79 Å². The van der Waals surface area contributed by atoms with E-state index in [-0.39, 0.29) is 30.8 Å². The molecule has 0 bridgehead atoms. The van der Waals surface area contributed by atoms with Crippen LogP contribution in [0.5, 0.6) is 0 Å². The number of hydrogen-bond donors (Lipinski definition) is 5. The van der Waals surface area contributed by atoms with Gasteiger partial charge in [0.1, 0.15) is 6.04 Å². The minimum absolute atomic E-state index is 0.0217. The van der Waals surface area contributed by atoms with E-state index >= 15 is 0 Å². The summed E-state index contributed by atoms with van der Waals surface area (Å²) < 4.78 is 0. The van der Waals surface area contributed by atoms with Crippen LogP contribution in [0.15, 0.2) is 65.7 Å². The van der Waals surface area contributed by atoms with E-state index in [2.05, 4.69) is 39.9 Å². The molecule has 0 saturated carbocycles. The minimum Gasteiger partial charge on any atom is -0.480 e. The lowest BCUT2D eigenvalue weighted by molar-refractivity contribution is -0.141. The van der Waals surface area contributed by atoms with Crippen molar-refractivity contribution in [2.75, 3.05) is 19.6 Å². The number of aliphatic imine (C=N–C) groups is 1. The van der Waals surface area contributed by atoms with Crippen molar-refractivity contribution in [3.8, 4) is 0 Å². The number of carbonyl (C=O) groups is 2. The van der Waals surface area contributed by atoms with Crippen LogP contribution in [0.4, 0.5) is 0 Å². The Hall–Kier alpha value is -3.39. The normalized spacial score (nSPS) is 11.6. The van der Waals surface area contributed by atoms with Crippen LogP contribution in [-0.2, 0) is 9.59 Å². The molecule has 160 valence electrons. The Morgan fingerprint density at radius 2 is 1.53 bits per heavy atom. The van der Waals surface area contributed by atoms with E-state index in [4.69, 9.17) is 11.5 Å². The van der Waals surface area contributed by atoms with Crippen LogP contribution in [0.1, 0.15) is 29.9 Å². The van der Waals surface area contributed by atoms with Gasteiger partial charge in [0.15, 0.2) is 5.96 Å². The number of benzene rings is 2. The summed E-state index contributed by atoms with van der Waals surface area (Å²) >= 11 is 0. The summed E-state index contributed by atoms with van der Waals surface area (Å²) in [5.41, 5.74) is 12.8. The van der Waals surface area contributed by atoms with Gasteiger partial charge in [0.05, 0.1) is 6.54 Å². The largest absolute Gasteiger partial charge is 0.480 e. The third-order valence-electron chi connectivity index (χ3n) is 4.62. The molecular formula is C22H29N5O3. The first-order valence-electron chi connectivity index (χ1n) is 9.85. The first kappa shape index (κ1) is 22.9. The zero-order valence-electron chi connectivity index (χ0n) is 16.8. The fourth-order valence-electron chi connectivity index (χ4n) is 3.14. The molecular weight excluding hydrogens is 382 g/mol. The van der Waals surface area contributed by atoms with Crippen LogP contribution in [0.25, 0.3) is 0 Å². The fourth-order valence-corrected chi connectivity index (χ4v) is 3.14. The van der Waals surface area contributed by atoms with E-state index in [9.17, 15) is 14.7 Å². The van der Waals surface area contributed by atoms with E-state index in [0.29, 0.717) is 19.5 Å². The number of rotatable bonds is 12. The Balaban J connectivity index is 1.88. The van der Waals surface area contributed by atoms with E-state index in [1.165, 1.54) is 0 Å². The maximum atomic E-state index is 12.2. The highest BCUT2D eigenvalue weighted by molar-refractivity contribution is 5.84. The molecule has 1 amide bonds. The molecule has 8 nitrogen and oxygen atoms in total. The van der Waals surface area contributed by atoms with Gasteiger partial charge >= 0.3 is 5.97 Å². The van der Waals surface area contributed by atoms with Gasteiger partial charge < -0.3 is 27.2 Å². The van der Waals surface area contributed by atoms with Gasteiger partial charge in [-0.05, 0) is 24.0 Å². The molecule has 0 unspecified atom stereocenters. The van der Waals surface area contributed by atoms with Gasteiger partial charge in [0.25, 0.3) is 0 Å². The van der Waals surface area contributed by atoms with E-state index in [0.717, 1.165) is 11.1 Å². The molecule has 0 saturated heterocycles. The van der Waals surface area contributed by atoms with Crippen molar-refractivity contribution in [1.82, 2.24) is 10.6 Å². The predicted octanol–water partition coefficient (Wildman–Crippen LogP) is 1.03. The van der Waals surface area contributed by atoms with Crippen LogP contribution < -0.4 is 22.1 Å². The van der Waals surface area contributed by atoms with Gasteiger partial charge in [-0.15, -0.1) is 0 Å². The number of carboxylic acids is 1. The zero-order valence-corrected chi connectivity index (χ0v) is 16.8. The first-order chi connectivity index (χ1) is 14.5. The first-order valence-corrected chi connectivity index (χ1v) is 9.85. The third kappa shape index (κ3) is 7.92.